The van der Waals surface area contributed by atoms with E-state index in [1.807, 2.05) is 0 Å². The average molecular weight is 277 g/mol. The van der Waals surface area contributed by atoms with Crippen LogP contribution < -0.4 is 11.5 Å². The Morgan fingerprint density at radius 1 is 1.10 bits per heavy atom. The number of rotatable bonds is 7. The normalized spacial score (nSPS) is 17.4. The highest BCUT2D eigenvalue weighted by atomic mass is 15.3. The number of aryl methyl sites for hydroxylation is 1. The Morgan fingerprint density at radius 2 is 1.80 bits per heavy atom. The molecule has 1 aromatic heterocycles. The van der Waals surface area contributed by atoms with E-state index in [4.69, 9.17) is 11.5 Å². The topological polar surface area (TPSA) is 64.9 Å². The monoisotopic (exact) mass is 277 g/mol. The summed E-state index contributed by atoms with van der Waals surface area (Å²) in [6, 6.07) is 1.81. The Bertz CT molecular complexity index is 424. The lowest BCUT2D eigenvalue weighted by Gasteiger charge is -2.29. The van der Waals surface area contributed by atoms with Gasteiger partial charge in [0.2, 0.25) is 0 Å². The van der Waals surface area contributed by atoms with Gasteiger partial charge in [0.15, 0.2) is 0 Å². The van der Waals surface area contributed by atoms with Gasteiger partial charge in [-0.05, 0) is 31.7 Å². The highest BCUT2D eigenvalue weighted by Crippen LogP contribution is 2.19. The van der Waals surface area contributed by atoms with E-state index < -0.39 is 0 Å². The van der Waals surface area contributed by atoms with Crippen molar-refractivity contribution in [2.24, 2.45) is 0 Å². The minimum atomic E-state index is 0.647. The van der Waals surface area contributed by atoms with E-state index >= 15 is 0 Å². The molecular weight excluding hydrogens is 248 g/mol. The fraction of sp³-hybridized carbons (Fsp3) is 0.688. The fourth-order valence-corrected chi connectivity index (χ4v) is 3.20. The van der Waals surface area contributed by atoms with Gasteiger partial charge in [0.1, 0.15) is 0 Å². The van der Waals surface area contributed by atoms with Crippen LogP contribution in [0.4, 0.5) is 11.4 Å². The third-order valence-electron chi connectivity index (χ3n) is 4.53. The lowest BCUT2D eigenvalue weighted by molar-refractivity contribution is -0.897. The number of hydrogen-bond acceptors (Lipinski definition) is 3. The van der Waals surface area contributed by atoms with Gasteiger partial charge in [-0.25, -0.2) is 0 Å². The van der Waals surface area contributed by atoms with E-state index in [9.17, 15) is 0 Å². The van der Waals surface area contributed by atoms with Crippen molar-refractivity contribution in [3.05, 3.63) is 18.0 Å². The molecule has 0 saturated carbocycles. The second kappa shape index (κ2) is 6.93. The molecular formula is C16H29N4+. The van der Waals surface area contributed by atoms with Gasteiger partial charge in [0, 0.05) is 12.8 Å². The van der Waals surface area contributed by atoms with Crippen LogP contribution in [-0.4, -0.2) is 36.1 Å². The van der Waals surface area contributed by atoms with Crippen LogP contribution in [0.15, 0.2) is 12.3 Å². The molecule has 1 aliphatic heterocycles. The van der Waals surface area contributed by atoms with E-state index in [1.165, 1.54) is 62.6 Å². The number of anilines is 2. The van der Waals surface area contributed by atoms with Gasteiger partial charge in [0.05, 0.1) is 49.9 Å². The van der Waals surface area contributed by atoms with Crippen LogP contribution in [0.2, 0.25) is 0 Å². The Kier molecular flexibility index (Phi) is 5.24. The first-order valence-corrected chi connectivity index (χ1v) is 7.92. The molecule has 2 heterocycles. The van der Waals surface area contributed by atoms with Crippen molar-refractivity contribution in [2.75, 3.05) is 38.1 Å². The molecule has 4 heteroatoms. The Morgan fingerprint density at radius 3 is 2.50 bits per heavy atom. The molecule has 0 radical (unpaired) electrons. The number of pyridine rings is 1. The minimum absolute atomic E-state index is 0.647. The summed E-state index contributed by atoms with van der Waals surface area (Å²) in [6.07, 6.45) is 10.6. The van der Waals surface area contributed by atoms with Crippen molar-refractivity contribution in [2.45, 2.75) is 44.9 Å². The maximum absolute atomic E-state index is 5.92. The summed E-state index contributed by atoms with van der Waals surface area (Å²) in [4.78, 5) is 4.32. The highest BCUT2D eigenvalue weighted by Gasteiger charge is 2.25. The lowest BCUT2D eigenvalue weighted by Crippen LogP contribution is -2.41. The Labute approximate surface area is 122 Å². The summed E-state index contributed by atoms with van der Waals surface area (Å²) in [5.41, 5.74) is 13.9. The zero-order valence-corrected chi connectivity index (χ0v) is 12.8. The number of hydrogen-bond donors (Lipinski definition) is 2. The summed E-state index contributed by atoms with van der Waals surface area (Å²) in [7, 11) is 2.41. The molecule has 1 saturated heterocycles. The maximum Gasteiger partial charge on any atom is 0.0786 e. The molecule has 4 nitrogen and oxygen atoms in total. The van der Waals surface area contributed by atoms with Crippen molar-refractivity contribution in [1.82, 2.24) is 4.98 Å². The van der Waals surface area contributed by atoms with E-state index in [2.05, 4.69) is 12.0 Å². The van der Waals surface area contributed by atoms with Crippen LogP contribution in [0.25, 0.3) is 0 Å². The molecule has 1 aliphatic rings. The van der Waals surface area contributed by atoms with Gasteiger partial charge in [-0.1, -0.05) is 6.42 Å². The van der Waals surface area contributed by atoms with E-state index in [0.29, 0.717) is 5.69 Å². The first-order valence-electron chi connectivity index (χ1n) is 7.92. The van der Waals surface area contributed by atoms with Gasteiger partial charge < -0.3 is 16.0 Å². The van der Waals surface area contributed by atoms with Crippen LogP contribution in [0, 0.1) is 0 Å². The molecule has 112 valence electrons. The number of likely N-dealkylation sites (tertiary alicyclic amines) is 1. The number of aromatic nitrogens is 1. The predicted molar refractivity (Wildman–Crippen MR) is 85.3 cm³/mol. The number of nitrogens with zero attached hydrogens (tertiary/aromatic N) is 2. The third kappa shape index (κ3) is 4.37. The van der Waals surface area contributed by atoms with Crippen LogP contribution in [0.3, 0.4) is 0 Å². The van der Waals surface area contributed by atoms with Crippen LogP contribution in [-0.2, 0) is 6.42 Å². The molecule has 4 N–H and O–H groups in total. The molecule has 1 fully saturated rings. The highest BCUT2D eigenvalue weighted by molar-refractivity contribution is 5.52. The number of nitrogens with two attached hydrogens (primary N) is 2. The van der Waals surface area contributed by atoms with Crippen molar-refractivity contribution in [3.8, 4) is 0 Å². The average Bonchev–Trinajstić information content (AvgIpc) is 2.83. The van der Waals surface area contributed by atoms with Gasteiger partial charge in [-0.15, -0.1) is 0 Å². The van der Waals surface area contributed by atoms with Crippen molar-refractivity contribution in [1.29, 1.82) is 0 Å². The summed E-state index contributed by atoms with van der Waals surface area (Å²) in [5.74, 6) is 0. The van der Waals surface area contributed by atoms with E-state index in [0.717, 1.165) is 17.8 Å². The van der Waals surface area contributed by atoms with E-state index in [1.54, 1.807) is 12.3 Å². The van der Waals surface area contributed by atoms with Gasteiger partial charge in [-0.2, -0.15) is 0 Å². The fourth-order valence-electron chi connectivity index (χ4n) is 3.20. The van der Waals surface area contributed by atoms with Crippen molar-refractivity contribution >= 4 is 11.4 Å². The summed E-state index contributed by atoms with van der Waals surface area (Å²) in [5, 5.41) is 0. The van der Waals surface area contributed by atoms with Crippen LogP contribution in [0.5, 0.6) is 0 Å². The van der Waals surface area contributed by atoms with Crippen LogP contribution in [0.1, 0.15) is 44.2 Å². The predicted octanol–water partition coefficient (Wildman–Crippen LogP) is 2.59. The van der Waals surface area contributed by atoms with E-state index in [-0.39, 0.29) is 0 Å². The number of unbranched alkanes of at least 4 members (excludes halogenated alkanes) is 3. The molecule has 2 rings (SSSR count). The SMILES string of the molecule is C[N+]1(CCCCCCc2ncc(N)cc2N)CCCC1. The largest absolute Gasteiger partial charge is 0.397 e. The van der Waals surface area contributed by atoms with Crippen LogP contribution >= 0.6 is 0 Å². The molecule has 0 unspecified atom stereocenters. The molecule has 0 bridgehead atoms. The zero-order chi connectivity index (χ0) is 14.4. The van der Waals surface area contributed by atoms with Gasteiger partial charge in [0.25, 0.3) is 0 Å². The maximum atomic E-state index is 5.92. The third-order valence-corrected chi connectivity index (χ3v) is 4.53. The standard InChI is InChI=1S/C16H29N4/c1-20(10-6-7-11-20)9-5-3-2-4-8-16-15(18)12-14(17)13-19-16/h12-13H,2-11,17-18H2,1H3/q+1. The first kappa shape index (κ1) is 15.1. The second-order valence-electron chi connectivity index (χ2n) is 6.47. The molecule has 0 atom stereocenters. The summed E-state index contributed by atoms with van der Waals surface area (Å²) >= 11 is 0. The summed E-state index contributed by atoms with van der Waals surface area (Å²) < 4.78 is 1.30. The van der Waals surface area contributed by atoms with Crippen molar-refractivity contribution < 1.29 is 4.48 Å². The molecule has 1 aromatic rings. The van der Waals surface area contributed by atoms with Gasteiger partial charge >= 0.3 is 0 Å². The molecule has 0 amide bonds. The Hall–Kier alpha value is -1.29. The van der Waals surface area contributed by atoms with Crippen molar-refractivity contribution in [3.63, 3.8) is 0 Å². The summed E-state index contributed by atoms with van der Waals surface area (Å²) in [6.45, 7) is 4.11. The molecule has 0 aliphatic carbocycles. The molecule has 0 aromatic carbocycles. The smallest absolute Gasteiger partial charge is 0.0786 e. The van der Waals surface area contributed by atoms with Gasteiger partial charge in [-0.3, -0.25) is 4.98 Å². The number of quaternary nitrogens is 1. The second-order valence-corrected chi connectivity index (χ2v) is 6.47. The molecule has 20 heavy (non-hydrogen) atoms. The first-order chi connectivity index (χ1) is 9.59. The molecule has 0 spiro atoms. The number of nitrogen functional groups attached to an aromatic ring is 2. The quantitative estimate of drug-likeness (QED) is 0.595. The lowest BCUT2D eigenvalue weighted by atomic mass is 10.1. The Balaban J connectivity index is 1.59. The zero-order valence-electron chi connectivity index (χ0n) is 12.8. The minimum Gasteiger partial charge on any atom is -0.397 e.